The van der Waals surface area contributed by atoms with Gasteiger partial charge in [-0.3, -0.25) is 0 Å². The fourth-order valence-corrected chi connectivity index (χ4v) is 2.05. The second kappa shape index (κ2) is 7.50. The molecule has 0 heterocycles. The van der Waals surface area contributed by atoms with Crippen LogP contribution < -0.4 is 10.6 Å². The van der Waals surface area contributed by atoms with Crippen molar-refractivity contribution in [2.24, 2.45) is 0 Å². The normalized spacial score (nSPS) is 10.0. The number of hydrogen-bond donors (Lipinski definition) is 3. The monoisotopic (exact) mass is 286 g/mol. The highest BCUT2D eigenvalue weighted by Gasteiger charge is 1.98. The van der Waals surface area contributed by atoms with Crippen LogP contribution in [-0.2, 0) is 13.0 Å². The van der Waals surface area contributed by atoms with Gasteiger partial charge in [-0.25, -0.2) is 0 Å². The van der Waals surface area contributed by atoms with Gasteiger partial charge in [-0.15, -0.1) is 0 Å². The molecule has 0 aliphatic heterocycles. The van der Waals surface area contributed by atoms with E-state index in [1.54, 1.807) is 12.1 Å². The molecule has 4 heteroatoms. The quantitative estimate of drug-likeness (QED) is 0.739. The zero-order valence-electron chi connectivity index (χ0n) is 11.2. The third-order valence-corrected chi connectivity index (χ3v) is 3.19. The maximum Gasteiger partial charge on any atom is 0.166 e. The van der Waals surface area contributed by atoms with Crippen molar-refractivity contribution in [2.45, 2.75) is 13.0 Å². The Labute approximate surface area is 124 Å². The van der Waals surface area contributed by atoms with Crippen LogP contribution in [0.1, 0.15) is 11.1 Å². The van der Waals surface area contributed by atoms with Gasteiger partial charge in [0.25, 0.3) is 0 Å². The summed E-state index contributed by atoms with van der Waals surface area (Å²) in [5.74, 6) is 0.298. The van der Waals surface area contributed by atoms with E-state index in [9.17, 15) is 5.11 Å². The summed E-state index contributed by atoms with van der Waals surface area (Å²) in [4.78, 5) is 0. The van der Waals surface area contributed by atoms with E-state index in [1.807, 2.05) is 30.3 Å². The van der Waals surface area contributed by atoms with Gasteiger partial charge in [0.15, 0.2) is 5.11 Å². The smallest absolute Gasteiger partial charge is 0.166 e. The van der Waals surface area contributed by atoms with Crippen LogP contribution in [0.5, 0.6) is 5.75 Å². The van der Waals surface area contributed by atoms with E-state index in [-0.39, 0.29) is 0 Å². The van der Waals surface area contributed by atoms with Gasteiger partial charge in [-0.05, 0) is 41.9 Å². The summed E-state index contributed by atoms with van der Waals surface area (Å²) in [7, 11) is 0. The molecule has 0 fully saturated rings. The topological polar surface area (TPSA) is 44.3 Å². The fourth-order valence-electron chi connectivity index (χ4n) is 1.87. The third kappa shape index (κ3) is 4.90. The van der Waals surface area contributed by atoms with Gasteiger partial charge >= 0.3 is 0 Å². The van der Waals surface area contributed by atoms with Gasteiger partial charge in [0.1, 0.15) is 5.75 Å². The van der Waals surface area contributed by atoms with Crippen LogP contribution in [0.15, 0.2) is 54.6 Å². The molecule has 2 rings (SSSR count). The number of aromatic hydroxyl groups is 1. The lowest BCUT2D eigenvalue weighted by atomic mass is 10.1. The Morgan fingerprint density at radius 2 is 1.70 bits per heavy atom. The standard InChI is InChI=1S/C16H18N2OS/c19-15-8-4-7-13(11-15)9-10-17-16(20)18-12-14-5-2-1-3-6-14/h1-8,11,19H,9-10,12H2,(H2,17,18,20). The molecule has 0 aliphatic carbocycles. The zero-order valence-corrected chi connectivity index (χ0v) is 12.0. The van der Waals surface area contributed by atoms with Crippen molar-refractivity contribution >= 4 is 17.3 Å². The average molecular weight is 286 g/mol. The summed E-state index contributed by atoms with van der Waals surface area (Å²) in [6, 6.07) is 17.4. The molecule has 0 saturated heterocycles. The SMILES string of the molecule is Oc1cccc(CCNC(=S)NCc2ccccc2)c1. The van der Waals surface area contributed by atoms with Crippen LogP contribution in [0, 0.1) is 0 Å². The summed E-state index contributed by atoms with van der Waals surface area (Å²) in [6.07, 6.45) is 0.821. The van der Waals surface area contributed by atoms with Crippen molar-refractivity contribution in [3.8, 4) is 5.75 Å². The summed E-state index contributed by atoms with van der Waals surface area (Å²) >= 11 is 5.22. The molecule has 3 N–H and O–H groups in total. The van der Waals surface area contributed by atoms with E-state index in [0.717, 1.165) is 25.1 Å². The lowest BCUT2D eigenvalue weighted by molar-refractivity contribution is 0.474. The molecule has 104 valence electrons. The highest BCUT2D eigenvalue weighted by atomic mass is 32.1. The largest absolute Gasteiger partial charge is 0.508 e. The maximum atomic E-state index is 9.37. The maximum absolute atomic E-state index is 9.37. The van der Waals surface area contributed by atoms with Crippen molar-refractivity contribution < 1.29 is 5.11 Å². The van der Waals surface area contributed by atoms with Crippen LogP contribution in [-0.4, -0.2) is 16.8 Å². The second-order valence-electron chi connectivity index (χ2n) is 4.51. The van der Waals surface area contributed by atoms with Crippen LogP contribution in [0.25, 0.3) is 0 Å². The zero-order chi connectivity index (χ0) is 14.2. The predicted octanol–water partition coefficient (Wildman–Crippen LogP) is 2.60. The number of hydrogen-bond acceptors (Lipinski definition) is 2. The summed E-state index contributed by atoms with van der Waals surface area (Å²) < 4.78 is 0. The van der Waals surface area contributed by atoms with Crippen LogP contribution in [0.2, 0.25) is 0 Å². The van der Waals surface area contributed by atoms with E-state index in [2.05, 4.69) is 22.8 Å². The molecule has 0 atom stereocenters. The first-order chi connectivity index (χ1) is 9.74. The summed E-state index contributed by atoms with van der Waals surface area (Å²) in [5, 5.41) is 16.3. The minimum atomic E-state index is 0.298. The number of phenolic OH excluding ortho intramolecular Hbond substituents is 1. The van der Waals surface area contributed by atoms with Crippen LogP contribution in [0.3, 0.4) is 0 Å². The second-order valence-corrected chi connectivity index (χ2v) is 4.92. The van der Waals surface area contributed by atoms with E-state index in [1.165, 1.54) is 5.56 Å². The van der Waals surface area contributed by atoms with Crippen molar-refractivity contribution in [1.29, 1.82) is 0 Å². The Hall–Kier alpha value is -2.07. The van der Waals surface area contributed by atoms with Gasteiger partial charge in [-0.1, -0.05) is 42.5 Å². The molecule has 0 bridgehead atoms. The van der Waals surface area contributed by atoms with Crippen LogP contribution >= 0.6 is 12.2 Å². The van der Waals surface area contributed by atoms with Gasteiger partial charge < -0.3 is 15.7 Å². The van der Waals surface area contributed by atoms with Crippen molar-refractivity contribution in [1.82, 2.24) is 10.6 Å². The molecule has 2 aromatic carbocycles. The van der Waals surface area contributed by atoms with Crippen molar-refractivity contribution in [2.75, 3.05) is 6.54 Å². The molecule has 0 saturated carbocycles. The first kappa shape index (κ1) is 14.3. The number of thiocarbonyl (C=S) groups is 1. The lowest BCUT2D eigenvalue weighted by Crippen LogP contribution is -2.35. The van der Waals surface area contributed by atoms with E-state index >= 15 is 0 Å². The molecule has 0 unspecified atom stereocenters. The van der Waals surface area contributed by atoms with Crippen LogP contribution in [0.4, 0.5) is 0 Å². The fraction of sp³-hybridized carbons (Fsp3) is 0.188. The van der Waals surface area contributed by atoms with E-state index in [4.69, 9.17) is 12.2 Å². The Bertz CT molecular complexity index is 557. The number of phenols is 1. The highest BCUT2D eigenvalue weighted by molar-refractivity contribution is 7.80. The third-order valence-electron chi connectivity index (χ3n) is 2.91. The minimum Gasteiger partial charge on any atom is -0.508 e. The van der Waals surface area contributed by atoms with Crippen molar-refractivity contribution in [3.05, 3.63) is 65.7 Å². The molecule has 0 amide bonds. The molecule has 0 spiro atoms. The van der Waals surface area contributed by atoms with Gasteiger partial charge in [-0.2, -0.15) is 0 Å². The molecule has 0 aromatic heterocycles. The first-order valence-corrected chi connectivity index (χ1v) is 6.98. The summed E-state index contributed by atoms with van der Waals surface area (Å²) in [6.45, 7) is 1.46. The highest BCUT2D eigenvalue weighted by Crippen LogP contribution is 2.10. The van der Waals surface area contributed by atoms with Gasteiger partial charge in [0.2, 0.25) is 0 Å². The van der Waals surface area contributed by atoms with E-state index in [0.29, 0.717) is 10.9 Å². The van der Waals surface area contributed by atoms with Gasteiger partial charge in [0.05, 0.1) is 0 Å². The van der Waals surface area contributed by atoms with E-state index < -0.39 is 0 Å². The average Bonchev–Trinajstić information content (AvgIpc) is 2.46. The predicted molar refractivity (Wildman–Crippen MR) is 85.7 cm³/mol. The Morgan fingerprint density at radius 3 is 2.45 bits per heavy atom. The Kier molecular flexibility index (Phi) is 5.38. The lowest BCUT2D eigenvalue weighted by Gasteiger charge is -2.10. The van der Waals surface area contributed by atoms with Crippen molar-refractivity contribution in [3.63, 3.8) is 0 Å². The summed E-state index contributed by atoms with van der Waals surface area (Å²) in [5.41, 5.74) is 2.29. The molecule has 2 aromatic rings. The Morgan fingerprint density at radius 1 is 0.950 bits per heavy atom. The molecule has 0 aliphatic rings. The molecular weight excluding hydrogens is 268 g/mol. The molecule has 0 radical (unpaired) electrons. The molecule has 20 heavy (non-hydrogen) atoms. The first-order valence-electron chi connectivity index (χ1n) is 6.57. The Balaban J connectivity index is 1.68. The molecular formula is C16H18N2OS. The minimum absolute atomic E-state index is 0.298. The van der Waals surface area contributed by atoms with Gasteiger partial charge in [0, 0.05) is 13.1 Å². The number of rotatable bonds is 5. The number of nitrogens with one attached hydrogen (secondary N) is 2. The number of benzene rings is 2. The molecule has 3 nitrogen and oxygen atoms in total.